The molecular formula is C11H15N3O. The Morgan fingerprint density at radius 2 is 2.20 bits per heavy atom. The quantitative estimate of drug-likeness (QED) is 0.728. The predicted octanol–water partition coefficient (Wildman–Crippen LogP) is 0.783. The van der Waals surface area contributed by atoms with Crippen LogP contribution in [-0.4, -0.2) is 18.4 Å². The van der Waals surface area contributed by atoms with Gasteiger partial charge in [0.2, 0.25) is 0 Å². The normalized spacial score (nSPS) is 10.8. The van der Waals surface area contributed by atoms with Crippen LogP contribution in [0.3, 0.4) is 0 Å². The molecule has 0 fully saturated rings. The zero-order valence-electron chi connectivity index (χ0n) is 8.73. The van der Waals surface area contributed by atoms with E-state index in [1.165, 1.54) is 5.56 Å². The van der Waals surface area contributed by atoms with E-state index in [-0.39, 0.29) is 0 Å². The second-order valence-electron chi connectivity index (χ2n) is 3.48. The third-order valence-corrected chi connectivity index (χ3v) is 2.49. The highest BCUT2D eigenvalue weighted by Crippen LogP contribution is 2.23. The Labute approximate surface area is 88.4 Å². The smallest absolute Gasteiger partial charge is 0.104 e. The van der Waals surface area contributed by atoms with Gasteiger partial charge in [-0.2, -0.15) is 4.73 Å². The fraction of sp³-hybridized carbons (Fsp3) is 0.273. The SMILES string of the molecule is COn1cc(CCN)c2ccc(N)cc21. The molecule has 0 aliphatic carbocycles. The van der Waals surface area contributed by atoms with Crippen LogP contribution >= 0.6 is 0 Å². The summed E-state index contributed by atoms with van der Waals surface area (Å²) in [5, 5.41) is 1.15. The summed E-state index contributed by atoms with van der Waals surface area (Å²) >= 11 is 0. The Morgan fingerprint density at radius 1 is 1.40 bits per heavy atom. The molecule has 0 saturated heterocycles. The lowest BCUT2D eigenvalue weighted by Gasteiger charge is -2.01. The minimum Gasteiger partial charge on any atom is -0.417 e. The van der Waals surface area contributed by atoms with Crippen molar-refractivity contribution in [2.75, 3.05) is 19.4 Å². The molecule has 0 aliphatic rings. The highest BCUT2D eigenvalue weighted by atomic mass is 16.6. The second-order valence-corrected chi connectivity index (χ2v) is 3.48. The number of hydrogen-bond acceptors (Lipinski definition) is 3. The average Bonchev–Trinajstić information content (AvgIpc) is 2.56. The summed E-state index contributed by atoms with van der Waals surface area (Å²) in [4.78, 5) is 5.23. The van der Waals surface area contributed by atoms with Crippen molar-refractivity contribution >= 4 is 16.6 Å². The summed E-state index contributed by atoms with van der Waals surface area (Å²) in [5.41, 5.74) is 14.2. The van der Waals surface area contributed by atoms with Gasteiger partial charge in [-0.1, -0.05) is 6.07 Å². The molecule has 1 heterocycles. The maximum Gasteiger partial charge on any atom is 0.104 e. The van der Waals surface area contributed by atoms with Crippen LogP contribution in [0.1, 0.15) is 5.56 Å². The van der Waals surface area contributed by atoms with Crippen molar-refractivity contribution in [3.63, 3.8) is 0 Å². The van der Waals surface area contributed by atoms with Crippen LogP contribution in [0.4, 0.5) is 5.69 Å². The fourth-order valence-electron chi connectivity index (χ4n) is 1.79. The molecule has 0 saturated carbocycles. The van der Waals surface area contributed by atoms with Crippen molar-refractivity contribution < 1.29 is 4.84 Å². The van der Waals surface area contributed by atoms with E-state index in [2.05, 4.69) is 0 Å². The molecule has 0 spiro atoms. The number of hydrogen-bond donors (Lipinski definition) is 2. The first kappa shape index (κ1) is 9.86. The largest absolute Gasteiger partial charge is 0.417 e. The van der Waals surface area contributed by atoms with E-state index >= 15 is 0 Å². The van der Waals surface area contributed by atoms with Gasteiger partial charge in [0.1, 0.15) is 7.11 Å². The van der Waals surface area contributed by atoms with E-state index in [1.807, 2.05) is 24.4 Å². The van der Waals surface area contributed by atoms with Crippen LogP contribution in [0.15, 0.2) is 24.4 Å². The Kier molecular flexibility index (Phi) is 2.51. The number of nitrogens with zero attached hydrogens (tertiary/aromatic N) is 1. The van der Waals surface area contributed by atoms with Crippen molar-refractivity contribution in [3.8, 4) is 0 Å². The number of nitrogen functional groups attached to an aromatic ring is 1. The summed E-state index contributed by atoms with van der Waals surface area (Å²) in [5.74, 6) is 0. The van der Waals surface area contributed by atoms with Crippen molar-refractivity contribution in [3.05, 3.63) is 30.0 Å². The lowest BCUT2D eigenvalue weighted by molar-refractivity contribution is 0.179. The predicted molar refractivity (Wildman–Crippen MR) is 61.6 cm³/mol. The van der Waals surface area contributed by atoms with Crippen LogP contribution in [0.2, 0.25) is 0 Å². The first-order chi connectivity index (χ1) is 7.26. The van der Waals surface area contributed by atoms with Gasteiger partial charge in [0, 0.05) is 17.3 Å². The van der Waals surface area contributed by atoms with Crippen molar-refractivity contribution in [1.29, 1.82) is 0 Å². The van der Waals surface area contributed by atoms with E-state index in [0.29, 0.717) is 6.54 Å². The van der Waals surface area contributed by atoms with Gasteiger partial charge in [-0.3, -0.25) is 0 Å². The maximum atomic E-state index is 5.74. The van der Waals surface area contributed by atoms with Crippen LogP contribution in [-0.2, 0) is 6.42 Å². The Morgan fingerprint density at radius 3 is 2.87 bits per heavy atom. The molecule has 15 heavy (non-hydrogen) atoms. The van der Waals surface area contributed by atoms with Gasteiger partial charge in [-0.05, 0) is 30.7 Å². The van der Waals surface area contributed by atoms with E-state index < -0.39 is 0 Å². The minimum absolute atomic E-state index is 0.632. The van der Waals surface area contributed by atoms with E-state index in [4.69, 9.17) is 16.3 Å². The van der Waals surface area contributed by atoms with Crippen LogP contribution in [0, 0.1) is 0 Å². The fourth-order valence-corrected chi connectivity index (χ4v) is 1.79. The molecule has 4 nitrogen and oxygen atoms in total. The Bertz CT molecular complexity index is 476. The summed E-state index contributed by atoms with van der Waals surface area (Å²) in [6.45, 7) is 0.632. The lowest BCUT2D eigenvalue weighted by Crippen LogP contribution is -2.04. The molecule has 80 valence electrons. The lowest BCUT2D eigenvalue weighted by atomic mass is 10.1. The van der Waals surface area contributed by atoms with Crippen molar-refractivity contribution in [2.45, 2.75) is 6.42 Å². The van der Waals surface area contributed by atoms with E-state index in [0.717, 1.165) is 23.0 Å². The Hall–Kier alpha value is -1.68. The average molecular weight is 205 g/mol. The van der Waals surface area contributed by atoms with Gasteiger partial charge in [0.25, 0.3) is 0 Å². The van der Waals surface area contributed by atoms with Crippen molar-refractivity contribution in [1.82, 2.24) is 4.73 Å². The molecule has 0 bridgehead atoms. The third kappa shape index (κ3) is 1.64. The molecule has 1 aromatic heterocycles. The number of fused-ring (bicyclic) bond motifs is 1. The molecule has 1 aromatic carbocycles. The monoisotopic (exact) mass is 205 g/mol. The third-order valence-electron chi connectivity index (χ3n) is 2.49. The van der Waals surface area contributed by atoms with E-state index in [1.54, 1.807) is 11.8 Å². The van der Waals surface area contributed by atoms with Crippen molar-refractivity contribution in [2.24, 2.45) is 5.73 Å². The standard InChI is InChI=1S/C11H15N3O/c1-15-14-7-8(4-5-12)10-3-2-9(13)6-11(10)14/h2-3,6-7H,4-5,12-13H2,1H3. The van der Waals surface area contributed by atoms with Crippen LogP contribution in [0.25, 0.3) is 10.9 Å². The summed E-state index contributed by atoms with van der Waals surface area (Å²) in [7, 11) is 1.63. The van der Waals surface area contributed by atoms with Gasteiger partial charge >= 0.3 is 0 Å². The van der Waals surface area contributed by atoms with Gasteiger partial charge in [-0.25, -0.2) is 0 Å². The molecular weight excluding hydrogens is 190 g/mol. The van der Waals surface area contributed by atoms with E-state index in [9.17, 15) is 0 Å². The van der Waals surface area contributed by atoms with Gasteiger partial charge in [0.05, 0.1) is 5.52 Å². The van der Waals surface area contributed by atoms with Gasteiger partial charge < -0.3 is 16.3 Å². The molecule has 0 amide bonds. The molecule has 0 radical (unpaired) electrons. The number of anilines is 1. The summed E-state index contributed by atoms with van der Waals surface area (Å²) in [6.07, 6.45) is 2.80. The molecule has 0 unspecified atom stereocenters. The summed E-state index contributed by atoms with van der Waals surface area (Å²) in [6, 6.07) is 5.80. The first-order valence-corrected chi connectivity index (χ1v) is 4.90. The highest BCUT2D eigenvalue weighted by molar-refractivity contribution is 5.86. The number of nitrogens with two attached hydrogens (primary N) is 2. The number of benzene rings is 1. The first-order valence-electron chi connectivity index (χ1n) is 4.90. The Balaban J connectivity index is 2.64. The number of rotatable bonds is 3. The molecule has 2 aromatic rings. The minimum atomic E-state index is 0.632. The highest BCUT2D eigenvalue weighted by Gasteiger charge is 2.08. The number of aromatic nitrogens is 1. The van der Waals surface area contributed by atoms with Crippen LogP contribution < -0.4 is 16.3 Å². The maximum absolute atomic E-state index is 5.74. The molecule has 0 aliphatic heterocycles. The molecule has 4 heteroatoms. The second kappa shape index (κ2) is 3.82. The molecule has 4 N–H and O–H groups in total. The molecule has 2 rings (SSSR count). The van der Waals surface area contributed by atoms with Crippen LogP contribution in [0.5, 0.6) is 0 Å². The topological polar surface area (TPSA) is 66.2 Å². The summed E-state index contributed by atoms with van der Waals surface area (Å²) < 4.78 is 1.72. The molecule has 0 atom stereocenters. The zero-order chi connectivity index (χ0) is 10.8. The van der Waals surface area contributed by atoms with Gasteiger partial charge in [-0.15, -0.1) is 0 Å². The van der Waals surface area contributed by atoms with Gasteiger partial charge in [0.15, 0.2) is 0 Å². The zero-order valence-corrected chi connectivity index (χ0v) is 8.73.